The summed E-state index contributed by atoms with van der Waals surface area (Å²) in [6, 6.07) is 7.21. The molecule has 0 aromatic heterocycles. The zero-order chi connectivity index (χ0) is 14.9. The van der Waals surface area contributed by atoms with E-state index in [1.807, 2.05) is 0 Å². The van der Waals surface area contributed by atoms with Crippen molar-refractivity contribution in [2.45, 2.75) is 77.2 Å². The van der Waals surface area contributed by atoms with Crippen molar-refractivity contribution < 1.29 is 0 Å². The van der Waals surface area contributed by atoms with Crippen molar-refractivity contribution in [3.63, 3.8) is 0 Å². The Hall–Kier alpha value is -0.340. The van der Waals surface area contributed by atoms with Crippen molar-refractivity contribution >= 4 is 15.9 Å². The summed E-state index contributed by atoms with van der Waals surface area (Å²) in [7, 11) is 0. The first-order valence-electron chi connectivity index (χ1n) is 8.83. The van der Waals surface area contributed by atoms with Crippen LogP contribution in [0.2, 0.25) is 0 Å². The fraction of sp³-hybridized carbons (Fsp3) is 0.684. The third kappa shape index (κ3) is 5.41. The van der Waals surface area contributed by atoms with E-state index in [1.54, 1.807) is 0 Å². The van der Waals surface area contributed by atoms with Crippen molar-refractivity contribution in [3.05, 3.63) is 33.8 Å². The number of benzene rings is 1. The van der Waals surface area contributed by atoms with Gasteiger partial charge >= 0.3 is 0 Å². The van der Waals surface area contributed by atoms with Gasteiger partial charge in [0.1, 0.15) is 0 Å². The highest BCUT2D eigenvalue weighted by molar-refractivity contribution is 9.10. The second kappa shape index (κ2) is 9.63. The van der Waals surface area contributed by atoms with Crippen LogP contribution in [0.5, 0.6) is 0 Å². The van der Waals surface area contributed by atoms with Crippen LogP contribution in [0, 0.1) is 0 Å². The highest BCUT2D eigenvalue weighted by atomic mass is 79.9. The van der Waals surface area contributed by atoms with E-state index in [-0.39, 0.29) is 0 Å². The lowest BCUT2D eigenvalue weighted by Crippen LogP contribution is -2.20. The molecule has 0 saturated heterocycles. The standard InChI is InChI=1S/C19H30BrN/c1-2-3-4-5-6-7-8-9-15-21-19-14-13-16-17(19)11-10-12-18(16)20/h10-12,19,21H,2-9,13-15H2,1H3. The van der Waals surface area contributed by atoms with Crippen LogP contribution in [0.4, 0.5) is 0 Å². The topological polar surface area (TPSA) is 12.0 Å². The third-order valence-electron chi connectivity index (χ3n) is 4.63. The van der Waals surface area contributed by atoms with Crippen molar-refractivity contribution in [2.24, 2.45) is 0 Å². The van der Waals surface area contributed by atoms with E-state index >= 15 is 0 Å². The quantitative estimate of drug-likeness (QED) is 0.497. The maximum absolute atomic E-state index is 3.76. The third-order valence-corrected chi connectivity index (χ3v) is 5.38. The van der Waals surface area contributed by atoms with Crippen LogP contribution in [0.15, 0.2) is 22.7 Å². The molecule has 1 nitrogen and oxygen atoms in total. The number of hydrogen-bond acceptors (Lipinski definition) is 1. The predicted molar refractivity (Wildman–Crippen MR) is 95.8 cm³/mol. The Morgan fingerprint density at radius 3 is 2.52 bits per heavy atom. The first-order chi connectivity index (χ1) is 10.3. The fourth-order valence-electron chi connectivity index (χ4n) is 3.36. The van der Waals surface area contributed by atoms with Gasteiger partial charge < -0.3 is 5.32 Å². The molecule has 21 heavy (non-hydrogen) atoms. The highest BCUT2D eigenvalue weighted by Crippen LogP contribution is 2.35. The molecule has 0 spiro atoms. The Bertz CT molecular complexity index is 416. The molecule has 0 aliphatic heterocycles. The maximum Gasteiger partial charge on any atom is 0.0326 e. The van der Waals surface area contributed by atoms with Crippen molar-refractivity contribution in [1.82, 2.24) is 5.32 Å². The largest absolute Gasteiger partial charge is 0.310 e. The molecule has 118 valence electrons. The molecule has 1 aromatic rings. The number of nitrogens with one attached hydrogen (secondary N) is 1. The molecule has 0 fully saturated rings. The molecule has 1 atom stereocenters. The molecule has 0 radical (unpaired) electrons. The average molecular weight is 352 g/mol. The molecular formula is C19H30BrN. The molecule has 0 heterocycles. The summed E-state index contributed by atoms with van der Waals surface area (Å²) in [5.74, 6) is 0. The van der Waals surface area contributed by atoms with Gasteiger partial charge in [0.25, 0.3) is 0 Å². The molecule has 0 amide bonds. The minimum Gasteiger partial charge on any atom is -0.310 e. The second-order valence-corrected chi connectivity index (χ2v) is 7.18. The van der Waals surface area contributed by atoms with Gasteiger partial charge in [0.2, 0.25) is 0 Å². The Morgan fingerprint density at radius 2 is 1.76 bits per heavy atom. The summed E-state index contributed by atoms with van der Waals surface area (Å²) in [5, 5.41) is 3.76. The zero-order valence-electron chi connectivity index (χ0n) is 13.5. The van der Waals surface area contributed by atoms with Crippen molar-refractivity contribution in [1.29, 1.82) is 0 Å². The molecule has 1 aliphatic rings. The van der Waals surface area contributed by atoms with Crippen LogP contribution in [0.25, 0.3) is 0 Å². The van der Waals surface area contributed by atoms with E-state index in [4.69, 9.17) is 0 Å². The number of unbranched alkanes of at least 4 members (excludes halogenated alkanes) is 7. The maximum atomic E-state index is 3.76. The molecule has 1 unspecified atom stereocenters. The normalized spacial score (nSPS) is 17.1. The monoisotopic (exact) mass is 351 g/mol. The molecule has 1 aliphatic carbocycles. The molecule has 1 aromatic carbocycles. The predicted octanol–water partition coefficient (Wildman–Crippen LogP) is 6.17. The number of halogens is 1. The van der Waals surface area contributed by atoms with E-state index < -0.39 is 0 Å². The average Bonchev–Trinajstić information content (AvgIpc) is 2.90. The van der Waals surface area contributed by atoms with Crippen LogP contribution in [0.1, 0.15) is 81.9 Å². The van der Waals surface area contributed by atoms with Crippen LogP contribution >= 0.6 is 15.9 Å². The Kier molecular flexibility index (Phi) is 7.81. The number of fused-ring (bicyclic) bond motifs is 1. The van der Waals surface area contributed by atoms with Crippen molar-refractivity contribution in [3.8, 4) is 0 Å². The SMILES string of the molecule is CCCCCCCCCCNC1CCc2c(Br)cccc21. The summed E-state index contributed by atoms with van der Waals surface area (Å²) < 4.78 is 1.29. The number of hydrogen-bond donors (Lipinski definition) is 1. The first-order valence-corrected chi connectivity index (χ1v) is 9.63. The van der Waals surface area contributed by atoms with Gasteiger partial charge in [-0.05, 0) is 43.0 Å². The second-order valence-electron chi connectivity index (χ2n) is 6.33. The van der Waals surface area contributed by atoms with Crippen LogP contribution < -0.4 is 5.32 Å². The van der Waals surface area contributed by atoms with Gasteiger partial charge in [0, 0.05) is 10.5 Å². The zero-order valence-corrected chi connectivity index (χ0v) is 15.1. The molecule has 1 N–H and O–H groups in total. The van der Waals surface area contributed by atoms with Gasteiger partial charge in [0.05, 0.1) is 0 Å². The van der Waals surface area contributed by atoms with Gasteiger partial charge in [-0.1, -0.05) is 79.9 Å². The van der Waals surface area contributed by atoms with Gasteiger partial charge in [0.15, 0.2) is 0 Å². The summed E-state index contributed by atoms with van der Waals surface area (Å²) >= 11 is 3.68. The van der Waals surface area contributed by atoms with Gasteiger partial charge in [-0.15, -0.1) is 0 Å². The summed E-state index contributed by atoms with van der Waals surface area (Å²) in [4.78, 5) is 0. The summed E-state index contributed by atoms with van der Waals surface area (Å²) in [5.41, 5.74) is 3.04. The summed E-state index contributed by atoms with van der Waals surface area (Å²) in [6.45, 7) is 3.46. The van der Waals surface area contributed by atoms with Gasteiger partial charge in [-0.25, -0.2) is 0 Å². The highest BCUT2D eigenvalue weighted by Gasteiger charge is 2.22. The van der Waals surface area contributed by atoms with E-state index in [2.05, 4.69) is 46.4 Å². The molecular weight excluding hydrogens is 322 g/mol. The molecule has 2 rings (SSSR count). The van der Waals surface area contributed by atoms with E-state index in [0.29, 0.717) is 6.04 Å². The van der Waals surface area contributed by atoms with Gasteiger partial charge in [-0.3, -0.25) is 0 Å². The summed E-state index contributed by atoms with van der Waals surface area (Å²) in [6.07, 6.45) is 13.7. The Morgan fingerprint density at radius 1 is 1.05 bits per heavy atom. The lowest BCUT2D eigenvalue weighted by atomic mass is 10.1. The van der Waals surface area contributed by atoms with E-state index in [0.717, 1.165) is 0 Å². The van der Waals surface area contributed by atoms with Crippen molar-refractivity contribution in [2.75, 3.05) is 6.54 Å². The first kappa shape index (κ1) is 17.0. The molecule has 2 heteroatoms. The molecule has 0 bridgehead atoms. The lowest BCUT2D eigenvalue weighted by Gasteiger charge is -2.14. The molecule has 0 saturated carbocycles. The Labute approximate surface area is 139 Å². The smallest absolute Gasteiger partial charge is 0.0326 e. The lowest BCUT2D eigenvalue weighted by molar-refractivity contribution is 0.498. The number of rotatable bonds is 10. The minimum absolute atomic E-state index is 0.585. The van der Waals surface area contributed by atoms with Crippen LogP contribution in [-0.2, 0) is 6.42 Å². The van der Waals surface area contributed by atoms with E-state index in [9.17, 15) is 0 Å². The Balaban J connectivity index is 1.56. The minimum atomic E-state index is 0.585. The van der Waals surface area contributed by atoms with E-state index in [1.165, 1.54) is 86.4 Å². The van der Waals surface area contributed by atoms with Crippen LogP contribution in [0.3, 0.4) is 0 Å². The van der Waals surface area contributed by atoms with Gasteiger partial charge in [-0.2, -0.15) is 0 Å². The van der Waals surface area contributed by atoms with Crippen LogP contribution in [-0.4, -0.2) is 6.54 Å². The fourth-order valence-corrected chi connectivity index (χ4v) is 3.94.